The summed E-state index contributed by atoms with van der Waals surface area (Å²) in [5, 5.41) is 34.2. The van der Waals surface area contributed by atoms with Gasteiger partial charge in [-0.05, 0) is 74.9 Å². The summed E-state index contributed by atoms with van der Waals surface area (Å²) in [6.45, 7) is 18.7. The van der Waals surface area contributed by atoms with Crippen molar-refractivity contribution in [3.63, 3.8) is 0 Å². The van der Waals surface area contributed by atoms with Crippen LogP contribution in [0.2, 0.25) is 0 Å². The summed E-state index contributed by atoms with van der Waals surface area (Å²) in [5.41, 5.74) is -4.33. The molecule has 0 aliphatic carbocycles. The Hall–Kier alpha value is -1.79. The van der Waals surface area contributed by atoms with E-state index in [1.165, 1.54) is 21.1 Å². The lowest BCUT2D eigenvalue weighted by Crippen LogP contribution is -2.62. The highest BCUT2D eigenvalue weighted by atomic mass is 16.7. The summed E-state index contributed by atoms with van der Waals surface area (Å²) in [7, 11) is 6.79. The number of carbonyl (C=O) groups excluding carboxylic acids is 3. The molecule has 3 rings (SSSR count). The Morgan fingerprint density at radius 1 is 0.857 bits per heavy atom. The summed E-state index contributed by atoms with van der Waals surface area (Å²) in [6.07, 6.45) is -8.68. The highest BCUT2D eigenvalue weighted by Gasteiger charge is 2.54. The zero-order valence-corrected chi connectivity index (χ0v) is 36.5. The van der Waals surface area contributed by atoms with Crippen molar-refractivity contribution in [2.45, 2.75) is 193 Å². The van der Waals surface area contributed by atoms with Gasteiger partial charge in [0.2, 0.25) is 0 Å². The lowest BCUT2D eigenvalue weighted by Gasteiger charge is -2.50. The quantitative estimate of drug-likeness (QED) is 0.273. The first-order chi connectivity index (χ1) is 25.9. The number of cyclic esters (lactones) is 1. The zero-order valence-electron chi connectivity index (χ0n) is 36.5. The number of nitrogens with zero attached hydrogens (tertiary/aromatic N) is 1. The predicted octanol–water partition coefficient (Wildman–Crippen LogP) is 3.40. The normalized spacial score (nSPS) is 46.2. The van der Waals surface area contributed by atoms with E-state index < -0.39 is 108 Å². The number of rotatable bonds is 10. The second-order valence-electron chi connectivity index (χ2n) is 17.4. The van der Waals surface area contributed by atoms with Crippen molar-refractivity contribution in [2.24, 2.45) is 23.7 Å². The number of esters is 2. The molecule has 3 saturated heterocycles. The highest BCUT2D eigenvalue weighted by molar-refractivity contribution is 5.83. The zero-order chi connectivity index (χ0) is 42.7. The first-order valence-electron chi connectivity index (χ1n) is 20.3. The van der Waals surface area contributed by atoms with Crippen LogP contribution in [0.4, 0.5) is 0 Å². The Labute approximate surface area is 334 Å². The second-order valence-corrected chi connectivity index (χ2v) is 17.4. The number of carbonyl (C=O) groups is 3. The molecule has 3 heterocycles. The van der Waals surface area contributed by atoms with Crippen LogP contribution < -0.4 is 0 Å². The first-order valence-corrected chi connectivity index (χ1v) is 20.3. The summed E-state index contributed by atoms with van der Waals surface area (Å²) in [4.78, 5) is 43.3. The average molecular weight is 804 g/mol. The van der Waals surface area contributed by atoms with E-state index in [0.29, 0.717) is 6.42 Å². The van der Waals surface area contributed by atoms with E-state index in [4.69, 9.17) is 37.9 Å². The van der Waals surface area contributed by atoms with Crippen molar-refractivity contribution in [1.82, 2.24) is 4.90 Å². The Morgan fingerprint density at radius 3 is 2.00 bits per heavy atom. The summed E-state index contributed by atoms with van der Waals surface area (Å²) in [6, 6.07) is -0.278. The van der Waals surface area contributed by atoms with Crippen LogP contribution in [0.3, 0.4) is 0 Å². The van der Waals surface area contributed by atoms with Crippen molar-refractivity contribution in [3.05, 3.63) is 0 Å². The van der Waals surface area contributed by atoms with Gasteiger partial charge in [-0.15, -0.1) is 0 Å². The monoisotopic (exact) mass is 804 g/mol. The topological polar surface area (TPSA) is 189 Å². The largest absolute Gasteiger partial charge is 0.459 e. The summed E-state index contributed by atoms with van der Waals surface area (Å²) in [5.74, 6) is -5.05. The molecule has 56 heavy (non-hydrogen) atoms. The van der Waals surface area contributed by atoms with Crippen LogP contribution in [0.1, 0.15) is 108 Å². The van der Waals surface area contributed by atoms with Gasteiger partial charge in [-0.25, -0.2) is 0 Å². The van der Waals surface area contributed by atoms with Crippen molar-refractivity contribution in [1.29, 1.82) is 0 Å². The van der Waals surface area contributed by atoms with Crippen LogP contribution in [0.5, 0.6) is 0 Å². The molecule has 3 fully saturated rings. The van der Waals surface area contributed by atoms with Gasteiger partial charge in [0, 0.05) is 44.8 Å². The number of aliphatic hydroxyl groups excluding tert-OH is 2. The average Bonchev–Trinajstić information content (AvgIpc) is 3.15. The third kappa shape index (κ3) is 10.5. The van der Waals surface area contributed by atoms with E-state index in [1.807, 2.05) is 32.8 Å². The Morgan fingerprint density at radius 2 is 1.46 bits per heavy atom. The molecule has 3 aliphatic heterocycles. The predicted molar refractivity (Wildman–Crippen MR) is 205 cm³/mol. The van der Waals surface area contributed by atoms with Crippen LogP contribution in [0.25, 0.3) is 0 Å². The summed E-state index contributed by atoms with van der Waals surface area (Å²) < 4.78 is 50.6. The standard InChI is InChI=1S/C41H73NO14/c1-16-28-41(11,48)34(45)23(5)31(44)21(3)19-40(10,50-15)36(56-38-33(54-29(43)17-2)27(42(12)13)18-22(4)51-38)24(6)32(25(7)37(47)53-28)55-30-20-39(9,49-14)35(46)26(8)52-30/h21-28,30,32-36,38,45-46,48H,16-20H2,1-15H3/t21-,22?,23?,24?,25-,26?,27?,28-,30?,32+,33?,34-,35?,36-,38?,39?,40-,41-/m1/s1. The van der Waals surface area contributed by atoms with Gasteiger partial charge in [0.25, 0.3) is 0 Å². The number of Topliss-reactive ketones (excluding diaryl/α,β-unsaturated/α-hetero) is 1. The lowest BCUT2D eigenvalue weighted by molar-refractivity contribution is -0.320. The molecule has 15 heteroatoms. The van der Waals surface area contributed by atoms with Crippen LogP contribution in [0.15, 0.2) is 0 Å². The second kappa shape index (κ2) is 19.5. The molecule has 326 valence electrons. The third-order valence-electron chi connectivity index (χ3n) is 12.8. The molecule has 0 aromatic heterocycles. The molecule has 0 amide bonds. The lowest BCUT2D eigenvalue weighted by atomic mass is 9.74. The number of likely N-dealkylation sites (N-methyl/N-ethyl adjacent to an activating group) is 1. The molecule has 15 nitrogen and oxygen atoms in total. The van der Waals surface area contributed by atoms with Gasteiger partial charge in [-0.3, -0.25) is 14.4 Å². The van der Waals surface area contributed by atoms with Gasteiger partial charge in [0.05, 0.1) is 53.7 Å². The van der Waals surface area contributed by atoms with E-state index in [0.717, 1.165) is 0 Å². The van der Waals surface area contributed by atoms with E-state index in [-0.39, 0.29) is 43.6 Å². The molecule has 18 atom stereocenters. The number of ketones is 1. The Kier molecular flexibility index (Phi) is 16.9. The maximum Gasteiger partial charge on any atom is 0.311 e. The van der Waals surface area contributed by atoms with Crippen molar-refractivity contribution >= 4 is 17.7 Å². The molecule has 10 unspecified atom stereocenters. The minimum absolute atomic E-state index is 0.0863. The van der Waals surface area contributed by atoms with Crippen molar-refractivity contribution < 1.29 is 67.6 Å². The molecule has 0 aromatic carbocycles. The number of hydrogen-bond donors (Lipinski definition) is 3. The molecule has 0 spiro atoms. The third-order valence-corrected chi connectivity index (χ3v) is 12.8. The van der Waals surface area contributed by atoms with Crippen molar-refractivity contribution in [2.75, 3.05) is 28.3 Å². The SMILES string of the molecule is CCC(=O)OC1C(O[C@@H]2C(C)[C@H](OC3CC(C)(OC)C(O)C(C)O3)[C@@H](C)C(=O)O[C@H](CC)[C@@](C)(O)[C@H](O)C(C)C(=O)[C@H](C)C[C@@]2(C)OC)OC(C)CC1N(C)C. The van der Waals surface area contributed by atoms with E-state index in [9.17, 15) is 29.7 Å². The molecular weight excluding hydrogens is 730 g/mol. The molecule has 3 N–H and O–H groups in total. The smallest absolute Gasteiger partial charge is 0.311 e. The van der Waals surface area contributed by atoms with Gasteiger partial charge >= 0.3 is 11.9 Å². The molecule has 3 aliphatic rings. The fourth-order valence-corrected chi connectivity index (χ4v) is 8.93. The van der Waals surface area contributed by atoms with Crippen LogP contribution >= 0.6 is 0 Å². The minimum atomic E-state index is -1.98. The number of ether oxygens (including phenoxy) is 8. The van der Waals surface area contributed by atoms with Crippen molar-refractivity contribution in [3.8, 4) is 0 Å². The molecular formula is C41H73NO14. The minimum Gasteiger partial charge on any atom is -0.459 e. The van der Waals surface area contributed by atoms with Gasteiger partial charge < -0.3 is 58.1 Å². The molecule has 0 radical (unpaired) electrons. The maximum absolute atomic E-state index is 14.3. The van der Waals surface area contributed by atoms with Gasteiger partial charge in [-0.1, -0.05) is 34.6 Å². The Bertz CT molecular complexity index is 1310. The van der Waals surface area contributed by atoms with E-state index in [2.05, 4.69) is 0 Å². The first kappa shape index (κ1) is 48.6. The summed E-state index contributed by atoms with van der Waals surface area (Å²) >= 11 is 0. The molecule has 0 aromatic rings. The van der Waals surface area contributed by atoms with E-state index in [1.54, 1.807) is 55.4 Å². The highest BCUT2D eigenvalue weighted by Crippen LogP contribution is 2.42. The van der Waals surface area contributed by atoms with Gasteiger partial charge in [0.15, 0.2) is 18.7 Å². The number of aliphatic hydroxyl groups is 3. The maximum atomic E-state index is 14.3. The van der Waals surface area contributed by atoms with Crippen LogP contribution in [0, 0.1) is 23.7 Å². The van der Waals surface area contributed by atoms with E-state index >= 15 is 0 Å². The number of methoxy groups -OCH3 is 2. The van der Waals surface area contributed by atoms with Gasteiger partial charge in [0.1, 0.15) is 23.6 Å². The fraction of sp³-hybridized carbons (Fsp3) is 0.927. The molecule has 0 saturated carbocycles. The number of hydrogen-bond acceptors (Lipinski definition) is 15. The fourth-order valence-electron chi connectivity index (χ4n) is 8.93. The van der Waals surface area contributed by atoms with Crippen LogP contribution in [-0.2, 0) is 52.3 Å². The van der Waals surface area contributed by atoms with Gasteiger partial charge in [-0.2, -0.15) is 0 Å². The molecule has 0 bridgehead atoms. The Balaban J connectivity index is 2.28. The van der Waals surface area contributed by atoms with Crippen LogP contribution in [-0.4, -0.2) is 151 Å².